The van der Waals surface area contributed by atoms with Gasteiger partial charge >= 0.3 is 0 Å². The van der Waals surface area contributed by atoms with Crippen molar-refractivity contribution in [3.8, 4) is 5.75 Å². The van der Waals surface area contributed by atoms with Gasteiger partial charge in [-0.1, -0.05) is 49.1 Å². The van der Waals surface area contributed by atoms with E-state index in [9.17, 15) is 24.3 Å². The minimum Gasteiger partial charge on any atom is -0.508 e. The maximum atomic E-state index is 13.5. The molecular formula is C24H24ClN3O5. The van der Waals surface area contributed by atoms with Crippen LogP contribution in [-0.2, 0) is 14.4 Å². The molecule has 4 rings (SSSR count). The molecule has 1 saturated carbocycles. The molecule has 4 amide bonds. The molecule has 0 radical (unpaired) electrons. The molecule has 2 aliphatic rings. The number of nitrogens with one attached hydrogen (secondary N) is 1. The molecule has 2 atom stereocenters. The summed E-state index contributed by atoms with van der Waals surface area (Å²) in [6.07, 6.45) is 4.19. The second kappa shape index (κ2) is 9.23. The largest absolute Gasteiger partial charge is 0.508 e. The third-order valence-electron chi connectivity index (χ3n) is 6.34. The number of nitrogens with two attached hydrogens (primary N) is 1. The highest BCUT2D eigenvalue weighted by Crippen LogP contribution is 2.42. The Morgan fingerprint density at radius 3 is 2.39 bits per heavy atom. The number of hydrogen-bond acceptors (Lipinski definition) is 5. The Morgan fingerprint density at radius 2 is 1.73 bits per heavy atom. The molecule has 9 heteroatoms. The number of carbonyl (C=O) groups excluding carboxylic acids is 4. The summed E-state index contributed by atoms with van der Waals surface area (Å²) in [5.74, 6) is -5.41. The molecule has 1 aliphatic heterocycles. The van der Waals surface area contributed by atoms with Crippen LogP contribution < -0.4 is 11.1 Å². The lowest BCUT2D eigenvalue weighted by atomic mass is 9.86. The summed E-state index contributed by atoms with van der Waals surface area (Å²) >= 11 is 5.94. The number of primary amides is 1. The highest BCUT2D eigenvalue weighted by Gasteiger charge is 2.54. The van der Waals surface area contributed by atoms with Gasteiger partial charge in [-0.2, -0.15) is 0 Å². The number of imide groups is 1. The van der Waals surface area contributed by atoms with Crippen molar-refractivity contribution in [2.45, 2.75) is 44.1 Å². The number of phenols is 1. The van der Waals surface area contributed by atoms with Crippen molar-refractivity contribution in [3.05, 3.63) is 58.6 Å². The van der Waals surface area contributed by atoms with Gasteiger partial charge in [0.25, 0.3) is 5.91 Å². The molecule has 1 saturated heterocycles. The van der Waals surface area contributed by atoms with Gasteiger partial charge in [0.15, 0.2) is 0 Å². The van der Waals surface area contributed by atoms with Crippen molar-refractivity contribution in [1.82, 2.24) is 4.90 Å². The first kappa shape index (κ1) is 22.8. The molecule has 2 fully saturated rings. The second-order valence-electron chi connectivity index (χ2n) is 8.40. The summed E-state index contributed by atoms with van der Waals surface area (Å²) < 4.78 is 0. The third-order valence-corrected chi connectivity index (χ3v) is 6.57. The zero-order chi connectivity index (χ0) is 23.7. The standard InChI is InChI=1S/C24H24ClN3O5/c25-13-10-11-17(16(12-13)21(26)30)27-22(31)20-19(15-8-4-5-9-18(15)29)23(32)28(24(20)33)14-6-2-1-3-7-14/h4-5,8-12,14,19-20,29H,1-3,6-7H2,(H2,26,30)(H,27,31). The summed E-state index contributed by atoms with van der Waals surface area (Å²) in [7, 11) is 0. The highest BCUT2D eigenvalue weighted by molar-refractivity contribution is 6.31. The normalized spacial score (nSPS) is 21.3. The zero-order valence-electron chi connectivity index (χ0n) is 17.8. The summed E-state index contributed by atoms with van der Waals surface area (Å²) in [5, 5.41) is 13.2. The van der Waals surface area contributed by atoms with E-state index in [2.05, 4.69) is 5.32 Å². The van der Waals surface area contributed by atoms with Gasteiger partial charge in [-0.25, -0.2) is 0 Å². The van der Waals surface area contributed by atoms with Crippen molar-refractivity contribution in [3.63, 3.8) is 0 Å². The Kier molecular flexibility index (Phi) is 6.37. The van der Waals surface area contributed by atoms with E-state index in [1.165, 1.54) is 35.2 Å². The molecule has 8 nitrogen and oxygen atoms in total. The van der Waals surface area contributed by atoms with Gasteiger partial charge in [-0.05, 0) is 37.1 Å². The first-order chi connectivity index (χ1) is 15.8. The summed E-state index contributed by atoms with van der Waals surface area (Å²) in [6.45, 7) is 0. The van der Waals surface area contributed by atoms with Gasteiger partial charge in [-0.3, -0.25) is 24.1 Å². The molecule has 1 aliphatic carbocycles. The predicted molar refractivity (Wildman–Crippen MR) is 122 cm³/mol. The molecule has 4 N–H and O–H groups in total. The second-order valence-corrected chi connectivity index (χ2v) is 8.83. The summed E-state index contributed by atoms with van der Waals surface area (Å²) in [6, 6.07) is 10.1. The van der Waals surface area contributed by atoms with E-state index in [0.29, 0.717) is 12.8 Å². The van der Waals surface area contributed by atoms with Crippen LogP contribution in [0.4, 0.5) is 5.69 Å². The molecule has 2 aromatic carbocycles. The number of phenolic OH excluding ortho intramolecular Hbond substituents is 1. The molecule has 172 valence electrons. The van der Waals surface area contributed by atoms with Crippen LogP contribution in [0.5, 0.6) is 5.75 Å². The van der Waals surface area contributed by atoms with Gasteiger partial charge in [0.2, 0.25) is 17.7 Å². The Bertz CT molecular complexity index is 1130. The van der Waals surface area contributed by atoms with Crippen LogP contribution in [0.25, 0.3) is 0 Å². The number of para-hydroxylation sites is 1. The third kappa shape index (κ3) is 4.30. The predicted octanol–water partition coefficient (Wildman–Crippen LogP) is 3.18. The van der Waals surface area contributed by atoms with Crippen molar-refractivity contribution in [1.29, 1.82) is 0 Å². The lowest BCUT2D eigenvalue weighted by molar-refractivity contribution is -0.143. The molecule has 1 heterocycles. The van der Waals surface area contributed by atoms with Gasteiger partial charge in [-0.15, -0.1) is 0 Å². The molecule has 0 bridgehead atoms. The maximum absolute atomic E-state index is 13.5. The Hall–Kier alpha value is -3.39. The molecule has 2 unspecified atom stereocenters. The van der Waals surface area contributed by atoms with Gasteiger partial charge in [0.1, 0.15) is 11.7 Å². The minimum atomic E-state index is -1.40. The van der Waals surface area contributed by atoms with Gasteiger partial charge in [0.05, 0.1) is 17.2 Å². The minimum absolute atomic E-state index is 0.0177. The van der Waals surface area contributed by atoms with Gasteiger partial charge < -0.3 is 16.2 Å². The van der Waals surface area contributed by atoms with E-state index >= 15 is 0 Å². The average Bonchev–Trinajstić information content (AvgIpc) is 3.05. The number of rotatable bonds is 5. The Balaban J connectivity index is 1.73. The Labute approximate surface area is 195 Å². The van der Waals surface area contributed by atoms with Crippen LogP contribution in [0, 0.1) is 5.92 Å². The highest BCUT2D eigenvalue weighted by atomic mass is 35.5. The van der Waals surface area contributed by atoms with Crippen molar-refractivity contribution < 1.29 is 24.3 Å². The fourth-order valence-corrected chi connectivity index (χ4v) is 4.93. The SMILES string of the molecule is NC(=O)c1cc(Cl)ccc1NC(=O)C1C(=O)N(C2CCCCC2)C(=O)C1c1ccccc1O. The van der Waals surface area contributed by atoms with Crippen LogP contribution in [0.3, 0.4) is 0 Å². The maximum Gasteiger partial charge on any atom is 0.250 e. The van der Waals surface area contributed by atoms with Crippen LogP contribution in [-0.4, -0.2) is 39.7 Å². The topological polar surface area (TPSA) is 130 Å². The first-order valence-corrected chi connectivity index (χ1v) is 11.2. The van der Waals surface area contributed by atoms with E-state index in [0.717, 1.165) is 19.3 Å². The Morgan fingerprint density at radius 1 is 1.03 bits per heavy atom. The van der Waals surface area contributed by atoms with E-state index < -0.39 is 35.5 Å². The smallest absolute Gasteiger partial charge is 0.250 e. The van der Waals surface area contributed by atoms with E-state index in [4.69, 9.17) is 17.3 Å². The lowest BCUT2D eigenvalue weighted by Gasteiger charge is -2.29. The number of halogens is 1. The number of likely N-dealkylation sites (tertiary alicyclic amines) is 1. The number of aromatic hydroxyl groups is 1. The van der Waals surface area contributed by atoms with Crippen LogP contribution in [0.2, 0.25) is 5.02 Å². The number of hydrogen-bond donors (Lipinski definition) is 3. The first-order valence-electron chi connectivity index (χ1n) is 10.8. The van der Waals surface area contributed by atoms with Crippen molar-refractivity contribution in [2.75, 3.05) is 5.32 Å². The van der Waals surface area contributed by atoms with E-state index in [1.54, 1.807) is 12.1 Å². The number of benzene rings is 2. The van der Waals surface area contributed by atoms with Crippen LogP contribution >= 0.6 is 11.6 Å². The van der Waals surface area contributed by atoms with Gasteiger partial charge in [0, 0.05) is 16.6 Å². The van der Waals surface area contributed by atoms with E-state index in [-0.39, 0.29) is 33.6 Å². The fraction of sp³-hybridized carbons (Fsp3) is 0.333. The van der Waals surface area contributed by atoms with E-state index in [1.807, 2.05) is 0 Å². The van der Waals surface area contributed by atoms with Crippen molar-refractivity contribution in [2.24, 2.45) is 11.7 Å². The number of nitrogens with zero attached hydrogens (tertiary/aromatic N) is 1. The lowest BCUT2D eigenvalue weighted by Crippen LogP contribution is -2.42. The quantitative estimate of drug-likeness (QED) is 0.457. The molecule has 0 spiro atoms. The zero-order valence-corrected chi connectivity index (χ0v) is 18.5. The molecule has 2 aromatic rings. The van der Waals surface area contributed by atoms with Crippen LogP contribution in [0.1, 0.15) is 53.9 Å². The number of carbonyl (C=O) groups is 4. The van der Waals surface area contributed by atoms with Crippen LogP contribution in [0.15, 0.2) is 42.5 Å². The molecular weight excluding hydrogens is 446 g/mol. The van der Waals surface area contributed by atoms with Crippen molar-refractivity contribution >= 4 is 40.9 Å². The monoisotopic (exact) mass is 469 g/mol. The molecule has 33 heavy (non-hydrogen) atoms. The molecule has 0 aromatic heterocycles. The fourth-order valence-electron chi connectivity index (χ4n) is 4.76. The summed E-state index contributed by atoms with van der Waals surface area (Å²) in [5.41, 5.74) is 5.69. The number of anilines is 1. The average molecular weight is 470 g/mol. The number of amides is 4. The summed E-state index contributed by atoms with van der Waals surface area (Å²) in [4.78, 5) is 53.4.